The molecule has 5 heterocycles. The van der Waals surface area contributed by atoms with Gasteiger partial charge in [-0.15, -0.1) is 0 Å². The Morgan fingerprint density at radius 2 is 1.23 bits per heavy atom. The number of fused-ring (bicyclic) bond motifs is 8. The number of rotatable bonds is 2. The van der Waals surface area contributed by atoms with Crippen LogP contribution in [0.4, 0.5) is 0 Å². The predicted molar refractivity (Wildman–Crippen MR) is 181 cm³/mol. The van der Waals surface area contributed by atoms with Gasteiger partial charge in [0.15, 0.2) is 0 Å². The van der Waals surface area contributed by atoms with Gasteiger partial charge in [0.1, 0.15) is 0 Å². The first kappa shape index (κ1) is 27.2. The lowest BCUT2D eigenvalue weighted by atomic mass is 9.86. The van der Waals surface area contributed by atoms with Gasteiger partial charge in [-0.2, -0.15) is 0 Å². The van der Waals surface area contributed by atoms with Crippen LogP contribution >= 0.6 is 0 Å². The molecule has 0 radical (unpaired) electrons. The number of hydrogen-bond donors (Lipinski definition) is 2. The molecule has 4 heteroatoms. The normalized spacial score (nSPS) is 13.9. The van der Waals surface area contributed by atoms with Crippen molar-refractivity contribution in [1.82, 2.24) is 19.9 Å². The highest BCUT2D eigenvalue weighted by atomic mass is 14.8. The molecule has 0 aliphatic carbocycles. The van der Waals surface area contributed by atoms with E-state index in [1.807, 2.05) is 0 Å². The summed E-state index contributed by atoms with van der Waals surface area (Å²) in [4.78, 5) is 18.0. The van der Waals surface area contributed by atoms with E-state index in [1.54, 1.807) is 0 Å². The third-order valence-corrected chi connectivity index (χ3v) is 9.03. The molecule has 2 aliphatic heterocycles. The zero-order valence-electron chi connectivity index (χ0n) is 26.1. The second-order valence-electron chi connectivity index (χ2n) is 13.0. The van der Waals surface area contributed by atoms with E-state index < -0.39 is 0 Å². The Bertz CT molecular complexity index is 2090. The monoisotopic (exact) mass is 562 g/mol. The SMILES string of the molecule is Cc1ccc(-c2c3ccc(cc4nc(c(C)c5nc(c(-c6c(C)cc(C)cc6C)c6ccc2[nH]6)C=C5)CC4(C)C)[nH]3)cc1. The van der Waals surface area contributed by atoms with Gasteiger partial charge in [-0.25, -0.2) is 4.98 Å². The van der Waals surface area contributed by atoms with Crippen molar-refractivity contribution >= 4 is 34.2 Å². The second kappa shape index (κ2) is 9.95. The molecule has 0 atom stereocenters. The summed E-state index contributed by atoms with van der Waals surface area (Å²) in [6.45, 7) is 15.4. The van der Waals surface area contributed by atoms with Gasteiger partial charge in [-0.3, -0.25) is 4.98 Å². The molecule has 8 bridgehead atoms. The van der Waals surface area contributed by atoms with Crippen molar-refractivity contribution in [3.63, 3.8) is 0 Å². The molecule has 2 N–H and O–H groups in total. The highest BCUT2D eigenvalue weighted by Crippen LogP contribution is 2.38. The summed E-state index contributed by atoms with van der Waals surface area (Å²) in [5.41, 5.74) is 19.1. The van der Waals surface area contributed by atoms with E-state index in [1.165, 1.54) is 27.8 Å². The molecule has 0 unspecified atom stereocenters. The van der Waals surface area contributed by atoms with E-state index in [0.29, 0.717) is 0 Å². The highest BCUT2D eigenvalue weighted by molar-refractivity contribution is 5.97. The van der Waals surface area contributed by atoms with Crippen LogP contribution < -0.4 is 0 Å². The predicted octanol–water partition coefficient (Wildman–Crippen LogP) is 9.88. The Balaban J connectivity index is 1.67. The summed E-state index contributed by atoms with van der Waals surface area (Å²) in [6, 6.07) is 24.3. The number of aromatic nitrogens is 4. The lowest BCUT2D eigenvalue weighted by Gasteiger charge is -2.16. The number of aromatic amines is 2. The minimum Gasteiger partial charge on any atom is -0.355 e. The molecule has 5 aromatic rings. The molecule has 43 heavy (non-hydrogen) atoms. The van der Waals surface area contributed by atoms with Gasteiger partial charge in [-0.1, -0.05) is 61.4 Å². The minimum absolute atomic E-state index is 0.0733. The van der Waals surface area contributed by atoms with Crippen LogP contribution in [0, 0.1) is 34.6 Å². The Hall–Kier alpha value is -4.70. The molecule has 0 saturated heterocycles. The Kier molecular flexibility index (Phi) is 6.28. The van der Waals surface area contributed by atoms with Gasteiger partial charge in [0.25, 0.3) is 0 Å². The van der Waals surface area contributed by atoms with E-state index in [9.17, 15) is 0 Å². The van der Waals surface area contributed by atoms with Crippen molar-refractivity contribution < 1.29 is 0 Å². The lowest BCUT2D eigenvalue weighted by molar-refractivity contribution is 0.542. The highest BCUT2D eigenvalue weighted by Gasteiger charge is 2.30. The van der Waals surface area contributed by atoms with Crippen LogP contribution in [0.5, 0.6) is 0 Å². The van der Waals surface area contributed by atoms with Gasteiger partial charge in [0, 0.05) is 56.4 Å². The van der Waals surface area contributed by atoms with Crippen LogP contribution in [0.15, 0.2) is 66.7 Å². The molecule has 0 fully saturated rings. The molecule has 3 aromatic heterocycles. The molecular formula is C39H38N4. The average molecular weight is 563 g/mol. The first-order chi connectivity index (χ1) is 20.6. The number of nitrogens with zero attached hydrogens (tertiary/aromatic N) is 2. The Morgan fingerprint density at radius 1 is 0.605 bits per heavy atom. The fraction of sp³-hybridized carbons (Fsp3) is 0.231. The van der Waals surface area contributed by atoms with E-state index in [-0.39, 0.29) is 5.41 Å². The molecule has 2 aliphatic rings. The number of hydrogen-bond acceptors (Lipinski definition) is 2. The van der Waals surface area contributed by atoms with E-state index in [4.69, 9.17) is 9.97 Å². The third-order valence-electron chi connectivity index (χ3n) is 9.03. The van der Waals surface area contributed by atoms with Crippen molar-refractivity contribution in [3.8, 4) is 22.3 Å². The standard InChI is InChI=1S/C39H38N4/c1-22-8-10-27(11-9-22)37-30-13-12-28(40-30)20-35-39(6,7)21-34(43-35)26(5)29-14-15-32(41-29)38(33-17-16-31(37)42-33)36-24(3)18-23(2)19-25(36)4/h8-20,40,42H,21H2,1-7H3. The number of nitrogens with one attached hydrogen (secondary N) is 2. The molecule has 0 saturated carbocycles. The smallest absolute Gasteiger partial charge is 0.0737 e. The van der Waals surface area contributed by atoms with Crippen LogP contribution in [0.1, 0.15) is 64.4 Å². The number of aryl methyl sites for hydroxylation is 4. The fourth-order valence-electron chi connectivity index (χ4n) is 6.78. The molecule has 2 aromatic carbocycles. The zero-order valence-corrected chi connectivity index (χ0v) is 26.1. The molecular weight excluding hydrogens is 524 g/mol. The maximum atomic E-state index is 5.27. The molecule has 7 rings (SSSR count). The number of benzene rings is 2. The fourth-order valence-corrected chi connectivity index (χ4v) is 6.78. The third kappa shape index (κ3) is 4.71. The van der Waals surface area contributed by atoms with Crippen molar-refractivity contribution in [2.75, 3.05) is 0 Å². The zero-order chi connectivity index (χ0) is 30.0. The van der Waals surface area contributed by atoms with Crippen LogP contribution in [0.25, 0.3) is 56.5 Å². The van der Waals surface area contributed by atoms with E-state index in [2.05, 4.69) is 137 Å². The van der Waals surface area contributed by atoms with Crippen molar-refractivity contribution in [2.24, 2.45) is 0 Å². The first-order valence-electron chi connectivity index (χ1n) is 15.1. The number of H-pyrrole nitrogens is 2. The summed E-state index contributed by atoms with van der Waals surface area (Å²) in [7, 11) is 0. The van der Waals surface area contributed by atoms with Gasteiger partial charge in [-0.05, 0) is 105 Å². The first-order valence-corrected chi connectivity index (χ1v) is 15.1. The molecule has 214 valence electrons. The van der Waals surface area contributed by atoms with Crippen molar-refractivity contribution in [2.45, 2.75) is 60.3 Å². The summed E-state index contributed by atoms with van der Waals surface area (Å²) in [5.74, 6) is 0. The summed E-state index contributed by atoms with van der Waals surface area (Å²) >= 11 is 0. The van der Waals surface area contributed by atoms with Crippen molar-refractivity contribution in [3.05, 3.63) is 117 Å². The van der Waals surface area contributed by atoms with E-state index in [0.717, 1.165) is 73.5 Å². The molecule has 0 amide bonds. The summed E-state index contributed by atoms with van der Waals surface area (Å²) in [5, 5.41) is 0. The quantitative estimate of drug-likeness (QED) is 0.221. The van der Waals surface area contributed by atoms with E-state index >= 15 is 0 Å². The van der Waals surface area contributed by atoms with Crippen LogP contribution in [-0.2, 0) is 11.8 Å². The van der Waals surface area contributed by atoms with Gasteiger partial charge >= 0.3 is 0 Å². The maximum Gasteiger partial charge on any atom is 0.0737 e. The van der Waals surface area contributed by atoms with Crippen molar-refractivity contribution in [1.29, 1.82) is 0 Å². The Labute approximate surface area is 253 Å². The second-order valence-corrected chi connectivity index (χ2v) is 13.0. The van der Waals surface area contributed by atoms with Gasteiger partial charge in [0.05, 0.1) is 11.4 Å². The van der Waals surface area contributed by atoms with Crippen LogP contribution in [0.2, 0.25) is 0 Å². The average Bonchev–Trinajstić information content (AvgIpc) is 3.75. The maximum absolute atomic E-state index is 5.27. The van der Waals surface area contributed by atoms with Gasteiger partial charge in [0.2, 0.25) is 0 Å². The molecule has 0 spiro atoms. The van der Waals surface area contributed by atoms with Crippen LogP contribution in [-0.4, -0.2) is 19.9 Å². The van der Waals surface area contributed by atoms with Crippen LogP contribution in [0.3, 0.4) is 0 Å². The summed E-state index contributed by atoms with van der Waals surface area (Å²) in [6.07, 6.45) is 5.21. The Morgan fingerprint density at radius 3 is 1.95 bits per heavy atom. The molecule has 4 nitrogen and oxygen atoms in total. The largest absolute Gasteiger partial charge is 0.355 e. The minimum atomic E-state index is -0.0733. The lowest BCUT2D eigenvalue weighted by Crippen LogP contribution is -2.15. The van der Waals surface area contributed by atoms with Gasteiger partial charge < -0.3 is 9.97 Å². The topological polar surface area (TPSA) is 57.4 Å². The summed E-state index contributed by atoms with van der Waals surface area (Å²) < 4.78 is 0.